The van der Waals surface area contributed by atoms with Crippen LogP contribution in [0.4, 0.5) is 8.78 Å². The lowest BCUT2D eigenvalue weighted by atomic mass is 10.0. The summed E-state index contributed by atoms with van der Waals surface area (Å²) < 4.78 is 31.5. The van der Waals surface area contributed by atoms with Gasteiger partial charge in [0.25, 0.3) is 5.91 Å². The van der Waals surface area contributed by atoms with Crippen molar-refractivity contribution < 1.29 is 27.9 Å². The van der Waals surface area contributed by atoms with E-state index in [1.165, 1.54) is 6.92 Å². The molecule has 0 bridgehead atoms. The van der Waals surface area contributed by atoms with Crippen LogP contribution >= 0.6 is 0 Å². The van der Waals surface area contributed by atoms with Gasteiger partial charge < -0.3 is 15.8 Å². The lowest BCUT2D eigenvalue weighted by Gasteiger charge is -2.19. The molecular formula is C15H18F2N2O4. The molecule has 0 heterocycles. The molecule has 1 aromatic rings. The van der Waals surface area contributed by atoms with E-state index >= 15 is 0 Å². The third-order valence-electron chi connectivity index (χ3n) is 3.12. The number of rotatable bonds is 7. The number of carbonyl (C=O) groups is 3. The van der Waals surface area contributed by atoms with Gasteiger partial charge in [-0.2, -0.15) is 0 Å². The number of nitrogens with one attached hydrogen (secondary N) is 1. The molecule has 6 nitrogen and oxygen atoms in total. The Kier molecular flexibility index (Phi) is 6.62. The number of esters is 1. The van der Waals surface area contributed by atoms with Crippen molar-refractivity contribution in [2.45, 2.75) is 26.3 Å². The van der Waals surface area contributed by atoms with Gasteiger partial charge in [-0.15, -0.1) is 0 Å². The Labute approximate surface area is 132 Å². The molecule has 3 N–H and O–H groups in total. The van der Waals surface area contributed by atoms with E-state index in [4.69, 9.17) is 10.5 Å². The summed E-state index contributed by atoms with van der Waals surface area (Å²) in [7, 11) is 0. The molecule has 0 aromatic heterocycles. The number of primary amides is 1. The fourth-order valence-electron chi connectivity index (χ4n) is 1.90. The first-order valence-corrected chi connectivity index (χ1v) is 6.98. The van der Waals surface area contributed by atoms with E-state index in [2.05, 4.69) is 5.32 Å². The zero-order chi connectivity index (χ0) is 17.6. The van der Waals surface area contributed by atoms with Gasteiger partial charge in [-0.05, 0) is 25.5 Å². The highest BCUT2D eigenvalue weighted by atomic mass is 19.2. The molecule has 0 aliphatic carbocycles. The Morgan fingerprint density at radius 2 is 1.96 bits per heavy atom. The van der Waals surface area contributed by atoms with Gasteiger partial charge in [0.05, 0.1) is 18.1 Å². The Bertz CT molecular complexity index is 607. The smallest absolute Gasteiger partial charge is 0.308 e. The van der Waals surface area contributed by atoms with Crippen LogP contribution in [0.5, 0.6) is 0 Å². The van der Waals surface area contributed by atoms with Crippen LogP contribution < -0.4 is 11.1 Å². The van der Waals surface area contributed by atoms with Gasteiger partial charge in [0.15, 0.2) is 11.6 Å². The average molecular weight is 328 g/mol. The maximum absolute atomic E-state index is 13.6. The summed E-state index contributed by atoms with van der Waals surface area (Å²) in [6.45, 7) is 3.30. The van der Waals surface area contributed by atoms with Crippen LogP contribution in [-0.2, 0) is 14.3 Å². The standard InChI is InChI=1S/C15H18F2N2O4/c1-3-23-15(22)8(2)7-11(13(18)20)19-14(21)9-5-4-6-10(16)12(9)17/h4-6,8,11H,3,7H2,1-2H3,(H2,18,20)(H,19,21)/t8-,11-/m1/s1. The lowest BCUT2D eigenvalue weighted by molar-refractivity contribution is -0.147. The first-order chi connectivity index (χ1) is 10.8. The van der Waals surface area contributed by atoms with E-state index in [0.717, 1.165) is 18.2 Å². The number of amides is 2. The van der Waals surface area contributed by atoms with E-state index in [0.29, 0.717) is 0 Å². The summed E-state index contributed by atoms with van der Waals surface area (Å²) in [5.41, 5.74) is 4.62. The van der Waals surface area contributed by atoms with Gasteiger partial charge in [-0.25, -0.2) is 8.78 Å². The Hall–Kier alpha value is -2.51. The molecule has 126 valence electrons. The van der Waals surface area contributed by atoms with Crippen molar-refractivity contribution in [1.29, 1.82) is 0 Å². The predicted molar refractivity (Wildman–Crippen MR) is 77.2 cm³/mol. The number of ether oxygens (including phenoxy) is 1. The highest BCUT2D eigenvalue weighted by Crippen LogP contribution is 2.13. The van der Waals surface area contributed by atoms with Crippen LogP contribution in [0.25, 0.3) is 0 Å². The fraction of sp³-hybridized carbons (Fsp3) is 0.400. The molecule has 0 aliphatic heterocycles. The topological polar surface area (TPSA) is 98.5 Å². The van der Waals surface area contributed by atoms with Crippen molar-refractivity contribution in [2.24, 2.45) is 11.7 Å². The second-order valence-corrected chi connectivity index (χ2v) is 4.92. The number of halogens is 2. The monoisotopic (exact) mass is 328 g/mol. The molecular weight excluding hydrogens is 310 g/mol. The molecule has 2 amide bonds. The van der Waals surface area contributed by atoms with Gasteiger partial charge in [-0.1, -0.05) is 13.0 Å². The van der Waals surface area contributed by atoms with Crippen molar-refractivity contribution in [3.8, 4) is 0 Å². The maximum atomic E-state index is 13.6. The number of hydrogen-bond donors (Lipinski definition) is 2. The van der Waals surface area contributed by atoms with E-state index in [1.807, 2.05) is 0 Å². The highest BCUT2D eigenvalue weighted by molar-refractivity contribution is 5.97. The average Bonchev–Trinajstić information content (AvgIpc) is 2.49. The summed E-state index contributed by atoms with van der Waals surface area (Å²) in [6.07, 6.45) is -0.114. The first kappa shape index (κ1) is 18.5. The third-order valence-corrected chi connectivity index (χ3v) is 3.12. The quantitative estimate of drug-likeness (QED) is 0.733. The van der Waals surface area contributed by atoms with Crippen LogP contribution in [0.1, 0.15) is 30.6 Å². The normalized spacial score (nSPS) is 13.0. The molecule has 2 atom stereocenters. The maximum Gasteiger partial charge on any atom is 0.308 e. The number of nitrogens with two attached hydrogens (primary N) is 1. The van der Waals surface area contributed by atoms with Crippen LogP contribution in [0.2, 0.25) is 0 Å². The fourth-order valence-corrected chi connectivity index (χ4v) is 1.90. The molecule has 1 rings (SSSR count). The SMILES string of the molecule is CCOC(=O)[C@H](C)C[C@@H](NC(=O)c1cccc(F)c1F)C(N)=O. The summed E-state index contributed by atoms with van der Waals surface area (Å²) in [5, 5.41) is 2.20. The zero-order valence-electron chi connectivity index (χ0n) is 12.8. The van der Waals surface area contributed by atoms with Crippen LogP contribution in [-0.4, -0.2) is 30.4 Å². The molecule has 8 heteroatoms. The van der Waals surface area contributed by atoms with Crippen LogP contribution in [0.15, 0.2) is 18.2 Å². The Balaban J connectivity index is 2.84. The minimum atomic E-state index is -1.33. The van der Waals surface area contributed by atoms with Crippen LogP contribution in [0.3, 0.4) is 0 Å². The van der Waals surface area contributed by atoms with Gasteiger partial charge in [0.2, 0.25) is 5.91 Å². The van der Waals surface area contributed by atoms with Crippen molar-refractivity contribution in [2.75, 3.05) is 6.61 Å². The molecule has 1 aromatic carbocycles. The van der Waals surface area contributed by atoms with Crippen molar-refractivity contribution in [1.82, 2.24) is 5.32 Å². The van der Waals surface area contributed by atoms with Crippen molar-refractivity contribution in [3.05, 3.63) is 35.4 Å². The molecule has 0 unspecified atom stereocenters. The third kappa shape index (κ3) is 5.01. The molecule has 0 spiro atoms. The van der Waals surface area contributed by atoms with E-state index in [1.54, 1.807) is 6.92 Å². The summed E-state index contributed by atoms with van der Waals surface area (Å²) in [4.78, 5) is 34.9. The van der Waals surface area contributed by atoms with E-state index < -0.39 is 46.9 Å². The number of hydrogen-bond acceptors (Lipinski definition) is 4. The minimum absolute atomic E-state index is 0.114. The second-order valence-electron chi connectivity index (χ2n) is 4.92. The van der Waals surface area contributed by atoms with Gasteiger partial charge in [0, 0.05) is 0 Å². The van der Waals surface area contributed by atoms with Gasteiger partial charge in [0.1, 0.15) is 6.04 Å². The number of benzene rings is 1. The molecule has 0 fully saturated rings. The predicted octanol–water partition coefficient (Wildman–Crippen LogP) is 1.14. The largest absolute Gasteiger partial charge is 0.466 e. The van der Waals surface area contributed by atoms with Crippen molar-refractivity contribution >= 4 is 17.8 Å². The molecule has 0 aliphatic rings. The summed E-state index contributed by atoms with van der Waals surface area (Å²) >= 11 is 0. The molecule has 0 radical (unpaired) electrons. The van der Waals surface area contributed by atoms with Crippen molar-refractivity contribution in [3.63, 3.8) is 0 Å². The summed E-state index contributed by atoms with van der Waals surface area (Å²) in [5.74, 6) is -5.66. The Morgan fingerprint density at radius 1 is 1.30 bits per heavy atom. The lowest BCUT2D eigenvalue weighted by Crippen LogP contribution is -2.46. The van der Waals surface area contributed by atoms with Crippen LogP contribution in [0, 0.1) is 17.6 Å². The van der Waals surface area contributed by atoms with Gasteiger partial charge in [-0.3, -0.25) is 14.4 Å². The Morgan fingerprint density at radius 3 is 2.52 bits per heavy atom. The van der Waals surface area contributed by atoms with E-state index in [-0.39, 0.29) is 13.0 Å². The number of carbonyl (C=O) groups excluding carboxylic acids is 3. The first-order valence-electron chi connectivity index (χ1n) is 6.98. The summed E-state index contributed by atoms with van der Waals surface area (Å²) in [6, 6.07) is 1.87. The zero-order valence-corrected chi connectivity index (χ0v) is 12.8. The minimum Gasteiger partial charge on any atom is -0.466 e. The van der Waals surface area contributed by atoms with Gasteiger partial charge >= 0.3 is 5.97 Å². The molecule has 0 saturated heterocycles. The molecule has 23 heavy (non-hydrogen) atoms. The molecule has 0 saturated carbocycles. The second kappa shape index (κ2) is 8.21. The highest BCUT2D eigenvalue weighted by Gasteiger charge is 2.26. The van der Waals surface area contributed by atoms with E-state index in [9.17, 15) is 23.2 Å².